The van der Waals surface area contributed by atoms with E-state index in [-0.39, 0.29) is 4.90 Å². The minimum atomic E-state index is -3.53. The average Bonchev–Trinajstić information content (AvgIpc) is 2.45. The lowest BCUT2D eigenvalue weighted by Gasteiger charge is -2.11. The zero-order valence-electron chi connectivity index (χ0n) is 12.2. The van der Waals surface area contributed by atoms with Crippen molar-refractivity contribution in [3.05, 3.63) is 47.5 Å². The maximum Gasteiger partial charge on any atom is 0.240 e. The molecule has 0 amide bonds. The number of nitrogens with two attached hydrogens (primary N) is 1. The van der Waals surface area contributed by atoms with Crippen molar-refractivity contribution < 1.29 is 13.2 Å². The van der Waals surface area contributed by atoms with Gasteiger partial charge in [-0.2, -0.15) is 0 Å². The quantitative estimate of drug-likeness (QED) is 0.851. The van der Waals surface area contributed by atoms with Crippen molar-refractivity contribution in [1.82, 2.24) is 4.72 Å². The molecule has 2 aromatic carbocycles. The zero-order chi connectivity index (χ0) is 15.6. The number of benzene rings is 2. The highest BCUT2D eigenvalue weighted by atomic mass is 32.2. The molecule has 0 spiro atoms. The first kappa shape index (κ1) is 15.3. The molecule has 0 atom stereocenters. The number of ether oxygens (including phenoxy) is 1. The number of rotatable bonds is 4. The third-order valence-corrected chi connectivity index (χ3v) is 4.68. The number of sulfonamides is 1. The summed E-state index contributed by atoms with van der Waals surface area (Å²) in [5.74, 6) is 0.929. The van der Waals surface area contributed by atoms with Crippen molar-refractivity contribution in [1.29, 1.82) is 0 Å². The van der Waals surface area contributed by atoms with Crippen LogP contribution in [0.3, 0.4) is 0 Å². The summed E-state index contributed by atoms with van der Waals surface area (Å²) < 4.78 is 31.6. The molecule has 21 heavy (non-hydrogen) atoms. The fourth-order valence-corrected chi connectivity index (χ4v) is 2.54. The maximum atomic E-state index is 11.8. The third kappa shape index (κ3) is 3.34. The van der Waals surface area contributed by atoms with Crippen LogP contribution in [0.15, 0.2) is 41.3 Å². The van der Waals surface area contributed by atoms with E-state index in [1.807, 2.05) is 32.0 Å². The van der Waals surface area contributed by atoms with Crippen molar-refractivity contribution >= 4 is 15.7 Å². The lowest BCUT2D eigenvalue weighted by Crippen LogP contribution is -2.18. The minimum absolute atomic E-state index is 0.109. The summed E-state index contributed by atoms with van der Waals surface area (Å²) in [4.78, 5) is 0.109. The molecule has 112 valence electrons. The Labute approximate surface area is 124 Å². The predicted octanol–water partition coefficient (Wildman–Crippen LogP) is 2.59. The fraction of sp³-hybridized carbons (Fsp3) is 0.200. The van der Waals surface area contributed by atoms with Crippen molar-refractivity contribution in [2.24, 2.45) is 0 Å². The van der Waals surface area contributed by atoms with Crippen LogP contribution in [0.2, 0.25) is 0 Å². The van der Waals surface area contributed by atoms with E-state index in [1.165, 1.54) is 25.2 Å². The number of aryl methyl sites for hydroxylation is 2. The number of hydrogen-bond acceptors (Lipinski definition) is 4. The highest BCUT2D eigenvalue weighted by molar-refractivity contribution is 7.89. The molecule has 2 aromatic rings. The summed E-state index contributed by atoms with van der Waals surface area (Å²) in [6, 6.07) is 10.0. The molecule has 5 nitrogen and oxygen atoms in total. The molecule has 0 aliphatic rings. The van der Waals surface area contributed by atoms with Crippen LogP contribution < -0.4 is 15.2 Å². The van der Waals surface area contributed by atoms with E-state index in [9.17, 15) is 8.42 Å². The lowest BCUT2D eigenvalue weighted by atomic mass is 10.1. The zero-order valence-corrected chi connectivity index (χ0v) is 13.0. The van der Waals surface area contributed by atoms with E-state index in [2.05, 4.69) is 4.72 Å². The normalized spacial score (nSPS) is 11.4. The number of nitrogen functional groups attached to an aromatic ring is 1. The molecule has 3 N–H and O–H groups in total. The molecular weight excluding hydrogens is 288 g/mol. The van der Waals surface area contributed by atoms with Crippen LogP contribution in [0.1, 0.15) is 11.1 Å². The molecule has 0 saturated carbocycles. The topological polar surface area (TPSA) is 81.4 Å². The minimum Gasteiger partial charge on any atom is -0.455 e. The fourth-order valence-electron chi connectivity index (χ4n) is 1.79. The van der Waals surface area contributed by atoms with Gasteiger partial charge in [-0.15, -0.1) is 0 Å². The summed E-state index contributed by atoms with van der Waals surface area (Å²) in [5.41, 5.74) is 8.47. The molecule has 0 unspecified atom stereocenters. The van der Waals surface area contributed by atoms with E-state index in [0.717, 1.165) is 11.1 Å². The number of anilines is 1. The second kappa shape index (κ2) is 5.75. The van der Waals surface area contributed by atoms with Gasteiger partial charge in [-0.1, -0.05) is 6.07 Å². The second-order valence-electron chi connectivity index (χ2n) is 4.76. The number of nitrogens with one attached hydrogen (secondary N) is 1. The summed E-state index contributed by atoms with van der Waals surface area (Å²) in [6.45, 7) is 3.99. The van der Waals surface area contributed by atoms with Gasteiger partial charge >= 0.3 is 0 Å². The molecule has 0 aromatic heterocycles. The van der Waals surface area contributed by atoms with Crippen molar-refractivity contribution in [2.45, 2.75) is 18.7 Å². The highest BCUT2D eigenvalue weighted by Crippen LogP contribution is 2.30. The van der Waals surface area contributed by atoms with Crippen LogP contribution in [-0.2, 0) is 10.0 Å². The standard InChI is InChI=1S/C15H18N2O3S/c1-10-4-5-12(8-11(10)2)20-15-9-13(6-7-14(15)16)21(18,19)17-3/h4-9,17H,16H2,1-3H3. The van der Waals surface area contributed by atoms with Gasteiger partial charge in [-0.25, -0.2) is 13.1 Å². The van der Waals surface area contributed by atoms with E-state index in [0.29, 0.717) is 17.2 Å². The van der Waals surface area contributed by atoms with Crippen LogP contribution in [0.4, 0.5) is 5.69 Å². The summed E-state index contributed by atoms with van der Waals surface area (Å²) in [6.07, 6.45) is 0. The van der Waals surface area contributed by atoms with Crippen LogP contribution >= 0.6 is 0 Å². The van der Waals surface area contributed by atoms with Gasteiger partial charge in [0, 0.05) is 6.07 Å². The molecule has 0 heterocycles. The van der Waals surface area contributed by atoms with Gasteiger partial charge in [-0.3, -0.25) is 0 Å². The van der Waals surface area contributed by atoms with Gasteiger partial charge < -0.3 is 10.5 Å². The molecule has 6 heteroatoms. The third-order valence-electron chi connectivity index (χ3n) is 3.27. The van der Waals surface area contributed by atoms with Gasteiger partial charge in [0.2, 0.25) is 10.0 Å². The molecule has 0 bridgehead atoms. The first-order valence-electron chi connectivity index (χ1n) is 6.41. The Morgan fingerprint density at radius 3 is 2.38 bits per heavy atom. The molecule has 0 saturated heterocycles. The average molecular weight is 306 g/mol. The second-order valence-corrected chi connectivity index (χ2v) is 6.64. The Balaban J connectivity index is 2.39. The van der Waals surface area contributed by atoms with Crippen LogP contribution in [0.25, 0.3) is 0 Å². The van der Waals surface area contributed by atoms with Crippen LogP contribution in [-0.4, -0.2) is 15.5 Å². The van der Waals surface area contributed by atoms with E-state index in [1.54, 1.807) is 0 Å². The Hall–Kier alpha value is -2.05. The first-order valence-corrected chi connectivity index (χ1v) is 7.90. The lowest BCUT2D eigenvalue weighted by molar-refractivity contribution is 0.482. The molecule has 0 aliphatic heterocycles. The molecule has 2 rings (SSSR count). The smallest absolute Gasteiger partial charge is 0.240 e. The van der Waals surface area contributed by atoms with Crippen molar-refractivity contribution in [3.8, 4) is 11.5 Å². The Morgan fingerprint density at radius 1 is 1.05 bits per heavy atom. The van der Waals surface area contributed by atoms with Crippen LogP contribution in [0, 0.1) is 13.8 Å². The summed E-state index contributed by atoms with van der Waals surface area (Å²) in [5, 5.41) is 0. The Bertz CT molecular complexity index is 770. The molecule has 0 radical (unpaired) electrons. The van der Waals surface area contributed by atoms with Crippen LogP contribution in [0.5, 0.6) is 11.5 Å². The molecule has 0 aliphatic carbocycles. The highest BCUT2D eigenvalue weighted by Gasteiger charge is 2.14. The Morgan fingerprint density at radius 2 is 1.76 bits per heavy atom. The number of hydrogen-bond donors (Lipinski definition) is 2. The predicted molar refractivity (Wildman–Crippen MR) is 83.1 cm³/mol. The summed E-state index contributed by atoms with van der Waals surface area (Å²) >= 11 is 0. The maximum absolute atomic E-state index is 11.8. The SMILES string of the molecule is CNS(=O)(=O)c1ccc(N)c(Oc2ccc(C)c(C)c2)c1. The van der Waals surface area contributed by atoms with Gasteiger partial charge in [0.05, 0.1) is 10.6 Å². The first-order chi connectivity index (χ1) is 9.83. The van der Waals surface area contributed by atoms with E-state index >= 15 is 0 Å². The van der Waals surface area contributed by atoms with E-state index < -0.39 is 10.0 Å². The molecular formula is C15H18N2O3S. The van der Waals surface area contributed by atoms with Gasteiger partial charge in [0.25, 0.3) is 0 Å². The molecule has 0 fully saturated rings. The Kier molecular flexibility index (Phi) is 4.20. The van der Waals surface area contributed by atoms with Crippen molar-refractivity contribution in [2.75, 3.05) is 12.8 Å². The largest absolute Gasteiger partial charge is 0.455 e. The monoisotopic (exact) mass is 306 g/mol. The van der Waals surface area contributed by atoms with E-state index in [4.69, 9.17) is 10.5 Å². The van der Waals surface area contributed by atoms with Gasteiger partial charge in [-0.05, 0) is 56.3 Å². The summed E-state index contributed by atoms with van der Waals surface area (Å²) in [7, 11) is -2.17. The van der Waals surface area contributed by atoms with Crippen molar-refractivity contribution in [3.63, 3.8) is 0 Å². The van der Waals surface area contributed by atoms with Gasteiger partial charge in [0.1, 0.15) is 5.75 Å². The van der Waals surface area contributed by atoms with Gasteiger partial charge in [0.15, 0.2) is 5.75 Å².